The van der Waals surface area contributed by atoms with Gasteiger partial charge in [0.15, 0.2) is 0 Å². The van der Waals surface area contributed by atoms with E-state index in [0.717, 1.165) is 11.3 Å². The lowest BCUT2D eigenvalue weighted by atomic mass is 10.2. The maximum Gasteiger partial charge on any atom is 0.264 e. The molecule has 0 fully saturated rings. The highest BCUT2D eigenvalue weighted by Crippen LogP contribution is 2.17. The Balaban J connectivity index is 2.59. The first kappa shape index (κ1) is 20.9. The van der Waals surface area contributed by atoms with Crippen LogP contribution in [-0.4, -0.2) is 50.5 Å². The Hall–Kier alpha value is -1.16. The number of anilines is 1. The summed E-state index contributed by atoms with van der Waals surface area (Å²) >= 11 is 0. The molecule has 0 unspecified atom stereocenters. The molecular formula is C15H25NO6S2. The Morgan fingerprint density at radius 2 is 1.38 bits per heavy atom. The van der Waals surface area contributed by atoms with Crippen molar-refractivity contribution in [2.45, 2.75) is 32.6 Å². The van der Waals surface area contributed by atoms with Crippen molar-refractivity contribution in [2.24, 2.45) is 0 Å². The molecule has 0 amide bonds. The molecule has 1 aromatic rings. The number of benzene rings is 1. The lowest BCUT2D eigenvalue weighted by Crippen LogP contribution is -2.26. The number of rotatable bonds is 11. The summed E-state index contributed by atoms with van der Waals surface area (Å²) < 4.78 is 60.6. The van der Waals surface area contributed by atoms with Crippen LogP contribution in [0, 0.1) is 6.92 Å². The Morgan fingerprint density at radius 1 is 0.875 bits per heavy atom. The molecule has 0 saturated carbocycles. The van der Waals surface area contributed by atoms with Gasteiger partial charge in [0.2, 0.25) is 0 Å². The van der Waals surface area contributed by atoms with Gasteiger partial charge in [-0.2, -0.15) is 16.8 Å². The Kier molecular flexibility index (Phi) is 8.14. The van der Waals surface area contributed by atoms with Gasteiger partial charge in [0.1, 0.15) is 0 Å². The summed E-state index contributed by atoms with van der Waals surface area (Å²) in [5.41, 5.74) is 2.07. The fourth-order valence-corrected chi connectivity index (χ4v) is 3.51. The summed E-state index contributed by atoms with van der Waals surface area (Å²) in [7, 11) is -7.89. The first-order valence-electron chi connectivity index (χ1n) is 7.79. The van der Waals surface area contributed by atoms with Crippen LogP contribution in [0.15, 0.2) is 24.3 Å². The third kappa shape index (κ3) is 9.86. The van der Waals surface area contributed by atoms with Crippen LogP contribution >= 0.6 is 0 Å². The Bertz CT molecular complexity index is 675. The van der Waals surface area contributed by atoms with Gasteiger partial charge in [-0.3, -0.25) is 9.11 Å². The van der Waals surface area contributed by atoms with Gasteiger partial charge in [-0.25, -0.2) is 0 Å². The van der Waals surface area contributed by atoms with Crippen LogP contribution in [0.4, 0.5) is 5.69 Å². The highest BCUT2D eigenvalue weighted by molar-refractivity contribution is 7.86. The molecule has 0 aliphatic rings. The Labute approximate surface area is 144 Å². The lowest BCUT2D eigenvalue weighted by molar-refractivity contribution is 0.478. The fraction of sp³-hybridized carbons (Fsp3) is 0.600. The SMILES string of the molecule is Cc1cccc(N(CCCCS(=O)(=O)O)CCCCS(=O)(=O)O)c1. The normalized spacial score (nSPS) is 12.3. The van der Waals surface area contributed by atoms with E-state index in [1.807, 2.05) is 31.2 Å². The zero-order chi connectivity index (χ0) is 18.2. The standard InChI is InChI=1S/C15H25NO6S2/c1-14-7-6-8-15(13-14)16(9-2-4-11-23(17,18)19)10-3-5-12-24(20,21)22/h6-8,13H,2-5,9-12H2,1H3,(H,17,18,19)(H,20,21,22). The monoisotopic (exact) mass is 379 g/mol. The molecule has 0 bridgehead atoms. The minimum atomic E-state index is -3.94. The van der Waals surface area contributed by atoms with Crippen molar-refractivity contribution in [3.8, 4) is 0 Å². The topological polar surface area (TPSA) is 112 Å². The third-order valence-corrected chi connectivity index (χ3v) is 5.14. The summed E-state index contributed by atoms with van der Waals surface area (Å²) in [6.07, 6.45) is 1.89. The number of unbranched alkanes of at least 4 members (excludes halogenated alkanes) is 2. The number of aryl methyl sites for hydroxylation is 1. The molecule has 1 aromatic carbocycles. The van der Waals surface area contributed by atoms with Crippen molar-refractivity contribution in [3.05, 3.63) is 29.8 Å². The van der Waals surface area contributed by atoms with Crippen LogP contribution in [0.3, 0.4) is 0 Å². The van der Waals surface area contributed by atoms with Crippen molar-refractivity contribution in [2.75, 3.05) is 29.5 Å². The van der Waals surface area contributed by atoms with Gasteiger partial charge in [-0.15, -0.1) is 0 Å². The zero-order valence-corrected chi connectivity index (χ0v) is 15.4. The first-order valence-corrected chi connectivity index (χ1v) is 11.0. The van der Waals surface area contributed by atoms with Gasteiger partial charge in [-0.05, 0) is 50.3 Å². The van der Waals surface area contributed by atoms with Crippen molar-refractivity contribution < 1.29 is 25.9 Å². The number of hydrogen-bond acceptors (Lipinski definition) is 5. The van der Waals surface area contributed by atoms with Crippen LogP contribution in [-0.2, 0) is 20.2 Å². The van der Waals surface area contributed by atoms with Crippen molar-refractivity contribution in [1.82, 2.24) is 0 Å². The van der Waals surface area contributed by atoms with Gasteiger partial charge in [0.25, 0.3) is 20.2 Å². The smallest absolute Gasteiger partial charge is 0.264 e. The summed E-state index contributed by atoms with van der Waals surface area (Å²) in [5.74, 6) is -0.533. The molecule has 24 heavy (non-hydrogen) atoms. The van der Waals surface area contributed by atoms with Crippen LogP contribution in [0.2, 0.25) is 0 Å². The second-order valence-electron chi connectivity index (χ2n) is 5.81. The molecule has 0 radical (unpaired) electrons. The van der Waals surface area contributed by atoms with E-state index < -0.39 is 20.2 Å². The molecule has 0 saturated heterocycles. The first-order chi connectivity index (χ1) is 11.1. The molecule has 9 heteroatoms. The maximum absolute atomic E-state index is 10.8. The number of nitrogens with zero attached hydrogens (tertiary/aromatic N) is 1. The van der Waals surface area contributed by atoms with E-state index in [0.29, 0.717) is 38.8 Å². The van der Waals surface area contributed by atoms with Gasteiger partial charge in [0, 0.05) is 18.8 Å². The molecule has 138 valence electrons. The Morgan fingerprint density at radius 3 is 1.79 bits per heavy atom. The van der Waals surface area contributed by atoms with Crippen molar-refractivity contribution in [3.63, 3.8) is 0 Å². The van der Waals surface area contributed by atoms with Gasteiger partial charge in [-0.1, -0.05) is 12.1 Å². The van der Waals surface area contributed by atoms with E-state index in [4.69, 9.17) is 9.11 Å². The molecule has 0 aromatic heterocycles. The molecule has 0 aliphatic heterocycles. The third-order valence-electron chi connectivity index (χ3n) is 3.53. The van der Waals surface area contributed by atoms with Crippen molar-refractivity contribution >= 4 is 25.9 Å². The predicted molar refractivity (Wildman–Crippen MR) is 94.7 cm³/mol. The van der Waals surface area contributed by atoms with Crippen LogP contribution in [0.25, 0.3) is 0 Å². The minimum absolute atomic E-state index is 0.266. The zero-order valence-electron chi connectivity index (χ0n) is 13.8. The molecule has 7 nitrogen and oxygen atoms in total. The largest absolute Gasteiger partial charge is 0.372 e. The van der Waals surface area contributed by atoms with E-state index in [-0.39, 0.29) is 11.5 Å². The second-order valence-corrected chi connectivity index (χ2v) is 8.96. The molecule has 0 spiro atoms. The molecule has 2 N–H and O–H groups in total. The maximum atomic E-state index is 10.8. The van der Waals surface area contributed by atoms with Gasteiger partial charge < -0.3 is 4.90 Å². The van der Waals surface area contributed by atoms with Crippen LogP contribution in [0.1, 0.15) is 31.2 Å². The van der Waals surface area contributed by atoms with Gasteiger partial charge in [0.05, 0.1) is 11.5 Å². The average molecular weight is 380 g/mol. The van der Waals surface area contributed by atoms with E-state index in [2.05, 4.69) is 4.90 Å². The van der Waals surface area contributed by atoms with Gasteiger partial charge >= 0.3 is 0 Å². The summed E-state index contributed by atoms with van der Waals surface area (Å²) in [4.78, 5) is 2.06. The molecular weight excluding hydrogens is 354 g/mol. The second kappa shape index (κ2) is 9.36. The highest BCUT2D eigenvalue weighted by Gasteiger charge is 2.10. The predicted octanol–water partition coefficient (Wildman–Crippen LogP) is 2.14. The lowest BCUT2D eigenvalue weighted by Gasteiger charge is -2.25. The summed E-state index contributed by atoms with van der Waals surface area (Å²) in [6, 6.07) is 7.84. The number of hydrogen-bond donors (Lipinski definition) is 2. The summed E-state index contributed by atoms with van der Waals surface area (Å²) in [5, 5.41) is 0. The fourth-order valence-electron chi connectivity index (χ4n) is 2.37. The van der Waals surface area contributed by atoms with Crippen LogP contribution in [0.5, 0.6) is 0 Å². The highest BCUT2D eigenvalue weighted by atomic mass is 32.2. The quantitative estimate of drug-likeness (QED) is 0.447. The van der Waals surface area contributed by atoms with Crippen LogP contribution < -0.4 is 4.90 Å². The molecule has 0 atom stereocenters. The average Bonchev–Trinajstić information content (AvgIpc) is 2.43. The van der Waals surface area contributed by atoms with E-state index in [1.165, 1.54) is 0 Å². The summed E-state index contributed by atoms with van der Waals surface area (Å²) in [6.45, 7) is 3.17. The van der Waals surface area contributed by atoms with E-state index >= 15 is 0 Å². The van der Waals surface area contributed by atoms with E-state index in [1.54, 1.807) is 0 Å². The minimum Gasteiger partial charge on any atom is -0.372 e. The molecule has 0 heterocycles. The van der Waals surface area contributed by atoms with Crippen molar-refractivity contribution in [1.29, 1.82) is 0 Å². The van der Waals surface area contributed by atoms with E-state index in [9.17, 15) is 16.8 Å². The molecule has 0 aliphatic carbocycles. The molecule has 1 rings (SSSR count).